The Kier molecular flexibility index (Phi) is 2.48. The van der Waals surface area contributed by atoms with E-state index in [1.165, 1.54) is 6.42 Å². The molecule has 4 bridgehead atoms. The van der Waals surface area contributed by atoms with Gasteiger partial charge >= 0.3 is 11.9 Å². The van der Waals surface area contributed by atoms with E-state index in [2.05, 4.69) is 0 Å². The summed E-state index contributed by atoms with van der Waals surface area (Å²) in [5.41, 5.74) is -0.184. The van der Waals surface area contributed by atoms with E-state index in [1.54, 1.807) is 0 Å². The maximum Gasteiger partial charge on any atom is 0.303 e. The Morgan fingerprint density at radius 3 is 1.61 bits per heavy atom. The first-order chi connectivity index (χ1) is 8.40. The van der Waals surface area contributed by atoms with Crippen LogP contribution < -0.4 is 0 Å². The van der Waals surface area contributed by atoms with Crippen LogP contribution in [0.25, 0.3) is 0 Å². The summed E-state index contributed by atoms with van der Waals surface area (Å²) in [6.45, 7) is 0. The fourth-order valence-electron chi connectivity index (χ4n) is 5.70. The van der Waals surface area contributed by atoms with Crippen molar-refractivity contribution < 1.29 is 19.8 Å². The fraction of sp³-hybridized carbons (Fsp3) is 0.857. The van der Waals surface area contributed by atoms with Gasteiger partial charge in [0.15, 0.2) is 0 Å². The van der Waals surface area contributed by atoms with E-state index in [0.717, 1.165) is 32.1 Å². The summed E-state index contributed by atoms with van der Waals surface area (Å²) in [7, 11) is 0. The van der Waals surface area contributed by atoms with Gasteiger partial charge in [-0.25, -0.2) is 0 Å². The SMILES string of the molecule is O=C(O)CC12C[C@H]3C[C@@H](C1)C[C@@](CC(=O)O)(C2)C3. The van der Waals surface area contributed by atoms with Crippen molar-refractivity contribution in [1.29, 1.82) is 0 Å². The molecule has 4 rings (SSSR count). The van der Waals surface area contributed by atoms with Crippen LogP contribution in [0.1, 0.15) is 51.4 Å². The Balaban J connectivity index is 1.87. The third-order valence-corrected chi connectivity index (χ3v) is 5.36. The van der Waals surface area contributed by atoms with Gasteiger partial charge in [-0.05, 0) is 61.2 Å². The van der Waals surface area contributed by atoms with Crippen LogP contribution in [-0.2, 0) is 9.59 Å². The van der Waals surface area contributed by atoms with Crippen LogP contribution in [0.3, 0.4) is 0 Å². The molecule has 18 heavy (non-hydrogen) atoms. The summed E-state index contributed by atoms with van der Waals surface area (Å²) in [5, 5.41) is 18.2. The van der Waals surface area contributed by atoms with E-state index in [0.29, 0.717) is 11.8 Å². The number of carboxylic acid groups (broad SMARTS) is 2. The van der Waals surface area contributed by atoms with Crippen molar-refractivity contribution >= 4 is 11.9 Å². The molecule has 0 aromatic rings. The van der Waals surface area contributed by atoms with Gasteiger partial charge < -0.3 is 10.2 Å². The number of rotatable bonds is 4. The van der Waals surface area contributed by atoms with E-state index in [1.807, 2.05) is 0 Å². The number of hydrogen-bond acceptors (Lipinski definition) is 2. The summed E-state index contributed by atoms with van der Waals surface area (Å²) < 4.78 is 0. The second-order valence-corrected chi connectivity index (χ2v) is 7.10. The Hall–Kier alpha value is -1.06. The molecule has 4 fully saturated rings. The van der Waals surface area contributed by atoms with Crippen LogP contribution in [0, 0.1) is 22.7 Å². The third kappa shape index (κ3) is 1.91. The molecule has 0 unspecified atom stereocenters. The van der Waals surface area contributed by atoms with Crippen molar-refractivity contribution in [2.45, 2.75) is 51.4 Å². The maximum absolute atomic E-state index is 11.1. The normalized spacial score (nSPS) is 45.1. The number of aliphatic carboxylic acids is 2. The van der Waals surface area contributed by atoms with Gasteiger partial charge in [0.1, 0.15) is 0 Å². The summed E-state index contributed by atoms with van der Waals surface area (Å²) in [6, 6.07) is 0. The highest BCUT2D eigenvalue weighted by molar-refractivity contribution is 5.69. The van der Waals surface area contributed by atoms with Crippen LogP contribution in [0.2, 0.25) is 0 Å². The van der Waals surface area contributed by atoms with E-state index in [9.17, 15) is 9.59 Å². The second kappa shape index (κ2) is 3.72. The van der Waals surface area contributed by atoms with Crippen LogP contribution in [0.5, 0.6) is 0 Å². The van der Waals surface area contributed by atoms with Gasteiger partial charge in [-0.15, -0.1) is 0 Å². The molecule has 4 saturated carbocycles. The lowest BCUT2D eigenvalue weighted by molar-refractivity contribution is -0.160. The lowest BCUT2D eigenvalue weighted by Crippen LogP contribution is -2.53. The first kappa shape index (κ1) is 12.0. The molecule has 0 spiro atoms. The first-order valence-corrected chi connectivity index (χ1v) is 6.84. The minimum Gasteiger partial charge on any atom is -0.481 e. The first-order valence-electron chi connectivity index (χ1n) is 6.84. The highest BCUT2D eigenvalue weighted by atomic mass is 16.4. The van der Waals surface area contributed by atoms with Gasteiger partial charge in [-0.2, -0.15) is 0 Å². The topological polar surface area (TPSA) is 74.6 Å². The molecule has 4 aliphatic rings. The van der Waals surface area contributed by atoms with Gasteiger partial charge in [0.25, 0.3) is 0 Å². The Morgan fingerprint density at radius 1 is 0.889 bits per heavy atom. The summed E-state index contributed by atoms with van der Waals surface area (Å²) >= 11 is 0. The average molecular weight is 252 g/mol. The van der Waals surface area contributed by atoms with Crippen molar-refractivity contribution in [3.05, 3.63) is 0 Å². The van der Waals surface area contributed by atoms with Gasteiger partial charge in [0.2, 0.25) is 0 Å². The lowest BCUT2D eigenvalue weighted by atomic mass is 9.43. The van der Waals surface area contributed by atoms with E-state index >= 15 is 0 Å². The number of carbonyl (C=O) groups is 2. The zero-order valence-corrected chi connectivity index (χ0v) is 10.5. The molecule has 0 radical (unpaired) electrons. The van der Waals surface area contributed by atoms with Crippen molar-refractivity contribution in [1.82, 2.24) is 0 Å². The average Bonchev–Trinajstić information content (AvgIpc) is 2.08. The van der Waals surface area contributed by atoms with Crippen LogP contribution >= 0.6 is 0 Å². The number of hydrogen-bond donors (Lipinski definition) is 2. The molecule has 0 saturated heterocycles. The highest BCUT2D eigenvalue weighted by Gasteiger charge is 2.58. The maximum atomic E-state index is 11.1. The van der Waals surface area contributed by atoms with Gasteiger partial charge in [0.05, 0.1) is 12.8 Å². The summed E-state index contributed by atoms with van der Waals surface area (Å²) in [5.74, 6) is -0.292. The molecule has 0 heterocycles. The molecule has 4 nitrogen and oxygen atoms in total. The zero-order valence-electron chi connectivity index (χ0n) is 10.5. The second-order valence-electron chi connectivity index (χ2n) is 7.10. The monoisotopic (exact) mass is 252 g/mol. The van der Waals surface area contributed by atoms with Crippen molar-refractivity contribution in [2.75, 3.05) is 0 Å². The Labute approximate surface area is 106 Å². The minimum absolute atomic E-state index is 0.0919. The van der Waals surface area contributed by atoms with E-state index in [-0.39, 0.29) is 23.7 Å². The fourth-order valence-corrected chi connectivity index (χ4v) is 5.70. The lowest BCUT2D eigenvalue weighted by Gasteiger charge is -2.61. The van der Waals surface area contributed by atoms with E-state index < -0.39 is 11.9 Å². The Morgan fingerprint density at radius 2 is 1.28 bits per heavy atom. The van der Waals surface area contributed by atoms with Gasteiger partial charge in [0, 0.05) is 0 Å². The molecule has 0 atom stereocenters. The molecular weight excluding hydrogens is 232 g/mol. The smallest absolute Gasteiger partial charge is 0.303 e. The van der Waals surface area contributed by atoms with E-state index in [4.69, 9.17) is 10.2 Å². The number of carboxylic acids is 2. The molecule has 0 aromatic carbocycles. The summed E-state index contributed by atoms with van der Waals surface area (Å²) in [6.07, 6.45) is 6.54. The van der Waals surface area contributed by atoms with Crippen LogP contribution in [0.15, 0.2) is 0 Å². The van der Waals surface area contributed by atoms with Gasteiger partial charge in [-0.3, -0.25) is 9.59 Å². The standard InChI is InChI=1S/C14H20O4/c15-11(16)6-13-2-9-1-10(4-13)5-14(3-9,8-13)7-12(17)18/h9-10H,1-8H2,(H,15,16)(H,17,18)/t9-,10+,13-,14?. The predicted octanol–water partition coefficient (Wildman–Crippen LogP) is 2.52. The molecule has 4 aliphatic carbocycles. The molecule has 0 aromatic heterocycles. The third-order valence-electron chi connectivity index (χ3n) is 5.36. The zero-order chi connectivity index (χ0) is 13.0. The predicted molar refractivity (Wildman–Crippen MR) is 64.1 cm³/mol. The molecular formula is C14H20O4. The molecule has 2 N–H and O–H groups in total. The molecule has 0 aliphatic heterocycles. The minimum atomic E-state index is -0.720. The van der Waals surface area contributed by atoms with Crippen LogP contribution in [0.4, 0.5) is 0 Å². The summed E-state index contributed by atoms with van der Waals surface area (Å²) in [4.78, 5) is 22.2. The van der Waals surface area contributed by atoms with Crippen LogP contribution in [-0.4, -0.2) is 22.2 Å². The highest BCUT2D eigenvalue weighted by Crippen LogP contribution is 2.67. The van der Waals surface area contributed by atoms with Crippen molar-refractivity contribution in [3.63, 3.8) is 0 Å². The van der Waals surface area contributed by atoms with Crippen molar-refractivity contribution in [3.8, 4) is 0 Å². The molecule has 100 valence electrons. The van der Waals surface area contributed by atoms with Gasteiger partial charge in [-0.1, -0.05) is 0 Å². The molecule has 4 heteroatoms. The largest absolute Gasteiger partial charge is 0.481 e. The quantitative estimate of drug-likeness (QED) is 0.806. The molecule has 0 amide bonds. The Bertz CT molecular complexity index is 353. The van der Waals surface area contributed by atoms with Crippen molar-refractivity contribution in [2.24, 2.45) is 22.7 Å².